The van der Waals surface area contributed by atoms with Crippen LogP contribution in [0.5, 0.6) is 0 Å². The number of benzene rings is 1. The van der Waals surface area contributed by atoms with E-state index in [1.807, 2.05) is 6.07 Å². The van der Waals surface area contributed by atoms with Gasteiger partial charge in [0, 0.05) is 55.8 Å². The van der Waals surface area contributed by atoms with Gasteiger partial charge in [-0.1, -0.05) is 12.1 Å². The Morgan fingerprint density at radius 1 is 1.30 bits per heavy atom. The van der Waals surface area contributed by atoms with Gasteiger partial charge in [-0.25, -0.2) is 4.39 Å². The van der Waals surface area contributed by atoms with E-state index in [9.17, 15) is 9.18 Å². The van der Waals surface area contributed by atoms with Gasteiger partial charge in [0.2, 0.25) is 5.91 Å². The fourth-order valence-corrected chi connectivity index (χ4v) is 3.45. The van der Waals surface area contributed by atoms with Crippen molar-refractivity contribution in [3.8, 4) is 0 Å². The first kappa shape index (κ1) is 18.2. The highest BCUT2D eigenvalue weighted by Crippen LogP contribution is 2.21. The van der Waals surface area contributed by atoms with E-state index >= 15 is 0 Å². The van der Waals surface area contributed by atoms with Crippen LogP contribution in [0.4, 0.5) is 4.39 Å². The summed E-state index contributed by atoms with van der Waals surface area (Å²) in [5.74, 6) is 0.409. The van der Waals surface area contributed by atoms with Crippen molar-refractivity contribution in [3.63, 3.8) is 0 Å². The van der Waals surface area contributed by atoms with Gasteiger partial charge in [-0.2, -0.15) is 0 Å². The molecule has 4 nitrogen and oxygen atoms in total. The van der Waals surface area contributed by atoms with Gasteiger partial charge in [0.05, 0.1) is 0 Å². The van der Waals surface area contributed by atoms with Gasteiger partial charge in [0.1, 0.15) is 5.82 Å². The molecule has 2 rings (SSSR count). The number of halogens is 1. The minimum Gasteiger partial charge on any atom is -0.355 e. The normalized spacial score (nSPS) is 17.9. The van der Waals surface area contributed by atoms with Gasteiger partial charge in [0.25, 0.3) is 0 Å². The van der Waals surface area contributed by atoms with Gasteiger partial charge in [-0.3, -0.25) is 9.69 Å². The summed E-state index contributed by atoms with van der Waals surface area (Å²) in [6.45, 7) is 7.09. The molecule has 1 heterocycles. The largest absolute Gasteiger partial charge is 0.355 e. The molecule has 1 aliphatic rings. The number of nitrogens with zero attached hydrogens (tertiary/aromatic N) is 2. The molecule has 0 spiro atoms. The lowest BCUT2D eigenvalue weighted by atomic mass is 10.2. The molecule has 128 valence electrons. The number of hydrogen-bond acceptors (Lipinski definition) is 4. The Bertz CT molecular complexity index is 506. The Hall–Kier alpha value is -1.11. The fraction of sp³-hybridized carbons (Fsp3) is 0.588. The van der Waals surface area contributed by atoms with E-state index in [1.165, 1.54) is 17.8 Å². The number of carbonyl (C=O) groups is 1. The summed E-state index contributed by atoms with van der Waals surface area (Å²) in [6.07, 6.45) is 0.411. The average molecular weight is 339 g/mol. The number of amides is 1. The van der Waals surface area contributed by atoms with E-state index < -0.39 is 0 Å². The van der Waals surface area contributed by atoms with E-state index in [2.05, 4.69) is 29.1 Å². The van der Waals surface area contributed by atoms with Crippen molar-refractivity contribution in [3.05, 3.63) is 30.1 Å². The first-order chi connectivity index (χ1) is 11.1. The van der Waals surface area contributed by atoms with Crippen LogP contribution in [-0.4, -0.2) is 67.3 Å². The Balaban J connectivity index is 1.62. The molecule has 0 aliphatic carbocycles. The highest BCUT2D eigenvalue weighted by atomic mass is 32.2. The zero-order valence-corrected chi connectivity index (χ0v) is 14.7. The number of thioether (sulfide) groups is 1. The van der Waals surface area contributed by atoms with Crippen LogP contribution in [0, 0.1) is 5.82 Å². The Morgan fingerprint density at radius 3 is 2.70 bits per heavy atom. The van der Waals surface area contributed by atoms with Gasteiger partial charge in [-0.05, 0) is 26.1 Å². The van der Waals surface area contributed by atoms with Crippen molar-refractivity contribution in [1.29, 1.82) is 0 Å². The maximum absolute atomic E-state index is 13.5. The lowest BCUT2D eigenvalue weighted by molar-refractivity contribution is -0.120. The quantitative estimate of drug-likeness (QED) is 0.772. The first-order valence-corrected chi connectivity index (χ1v) is 9.11. The third-order valence-corrected chi connectivity index (χ3v) is 5.23. The molecule has 0 bridgehead atoms. The van der Waals surface area contributed by atoms with Crippen molar-refractivity contribution >= 4 is 17.7 Å². The molecular formula is C17H26FN3OS. The number of hydrogen-bond donors (Lipinski definition) is 1. The van der Waals surface area contributed by atoms with Crippen molar-refractivity contribution in [2.75, 3.05) is 45.5 Å². The summed E-state index contributed by atoms with van der Waals surface area (Å²) in [4.78, 5) is 17.2. The zero-order valence-electron chi connectivity index (χ0n) is 13.9. The summed E-state index contributed by atoms with van der Waals surface area (Å²) in [5.41, 5.74) is 0. The van der Waals surface area contributed by atoms with Gasteiger partial charge < -0.3 is 10.2 Å². The second-order valence-corrected chi connectivity index (χ2v) is 7.16. The molecule has 1 atom stereocenters. The minimum atomic E-state index is -0.221. The summed E-state index contributed by atoms with van der Waals surface area (Å²) >= 11 is 1.39. The van der Waals surface area contributed by atoms with Crippen LogP contribution in [0.3, 0.4) is 0 Å². The van der Waals surface area contributed by atoms with Crippen LogP contribution in [0.15, 0.2) is 29.2 Å². The summed E-state index contributed by atoms with van der Waals surface area (Å²) < 4.78 is 13.5. The molecular weight excluding hydrogens is 313 g/mol. The Kier molecular flexibility index (Phi) is 7.33. The third kappa shape index (κ3) is 6.12. The summed E-state index contributed by atoms with van der Waals surface area (Å²) in [5, 5.41) is 2.99. The number of piperazine rings is 1. The topological polar surface area (TPSA) is 35.6 Å². The van der Waals surface area contributed by atoms with E-state index in [4.69, 9.17) is 0 Å². The van der Waals surface area contributed by atoms with Crippen LogP contribution >= 0.6 is 11.8 Å². The highest BCUT2D eigenvalue weighted by molar-refractivity contribution is 7.99. The molecule has 1 saturated heterocycles. The predicted molar refractivity (Wildman–Crippen MR) is 93.3 cm³/mol. The molecule has 1 fully saturated rings. The molecule has 1 aromatic carbocycles. The van der Waals surface area contributed by atoms with Gasteiger partial charge >= 0.3 is 0 Å². The van der Waals surface area contributed by atoms with Gasteiger partial charge in [0.15, 0.2) is 0 Å². The van der Waals surface area contributed by atoms with E-state index in [-0.39, 0.29) is 11.7 Å². The van der Waals surface area contributed by atoms with Crippen molar-refractivity contribution in [1.82, 2.24) is 15.1 Å². The second-order valence-electron chi connectivity index (χ2n) is 6.02. The van der Waals surface area contributed by atoms with Crippen molar-refractivity contribution < 1.29 is 9.18 Å². The average Bonchev–Trinajstić information content (AvgIpc) is 2.55. The molecule has 1 aromatic rings. The number of nitrogens with one attached hydrogen (secondary N) is 1. The lowest BCUT2D eigenvalue weighted by Gasteiger charge is -2.36. The summed E-state index contributed by atoms with van der Waals surface area (Å²) in [7, 11) is 2.14. The molecule has 23 heavy (non-hydrogen) atoms. The second kappa shape index (κ2) is 9.25. The SMILES string of the molecule is CC(CNC(=O)CCSc1ccccc1F)N1CCN(C)CC1. The maximum atomic E-state index is 13.5. The monoisotopic (exact) mass is 339 g/mol. The smallest absolute Gasteiger partial charge is 0.220 e. The number of rotatable bonds is 7. The third-order valence-electron chi connectivity index (χ3n) is 4.18. The van der Waals surface area contributed by atoms with Crippen LogP contribution in [0.25, 0.3) is 0 Å². The Morgan fingerprint density at radius 2 is 2.00 bits per heavy atom. The van der Waals surface area contributed by atoms with Crippen molar-refractivity contribution in [2.24, 2.45) is 0 Å². The standard InChI is InChI=1S/C17H26FN3OS/c1-14(21-10-8-20(2)9-11-21)13-19-17(22)7-12-23-16-6-4-3-5-15(16)18/h3-6,14H,7-13H2,1-2H3,(H,19,22). The first-order valence-electron chi connectivity index (χ1n) is 8.13. The van der Waals surface area contributed by atoms with Crippen molar-refractivity contribution in [2.45, 2.75) is 24.3 Å². The molecule has 0 aromatic heterocycles. The molecule has 1 amide bonds. The molecule has 6 heteroatoms. The molecule has 1 N–H and O–H groups in total. The Labute approximate surface area is 142 Å². The van der Waals surface area contributed by atoms with Crippen LogP contribution in [-0.2, 0) is 4.79 Å². The van der Waals surface area contributed by atoms with Crippen LogP contribution < -0.4 is 5.32 Å². The molecule has 0 saturated carbocycles. The van der Waals surface area contributed by atoms with Crippen LogP contribution in [0.1, 0.15) is 13.3 Å². The lowest BCUT2D eigenvalue weighted by Crippen LogP contribution is -2.51. The molecule has 1 unspecified atom stereocenters. The van der Waals surface area contributed by atoms with E-state index in [0.29, 0.717) is 29.7 Å². The number of carbonyl (C=O) groups excluding carboxylic acids is 1. The molecule has 1 aliphatic heterocycles. The zero-order chi connectivity index (χ0) is 16.7. The van der Waals surface area contributed by atoms with Gasteiger partial charge in [-0.15, -0.1) is 11.8 Å². The fourth-order valence-electron chi connectivity index (χ4n) is 2.56. The highest BCUT2D eigenvalue weighted by Gasteiger charge is 2.19. The summed E-state index contributed by atoms with van der Waals surface area (Å²) in [6, 6.07) is 7.02. The predicted octanol–water partition coefficient (Wildman–Crippen LogP) is 2.06. The van der Waals surface area contributed by atoms with E-state index in [1.54, 1.807) is 12.1 Å². The van der Waals surface area contributed by atoms with E-state index in [0.717, 1.165) is 26.2 Å². The van der Waals surface area contributed by atoms with Crippen LogP contribution in [0.2, 0.25) is 0 Å². The minimum absolute atomic E-state index is 0.0369. The maximum Gasteiger partial charge on any atom is 0.220 e. The molecule has 0 radical (unpaired) electrons. The number of likely N-dealkylation sites (N-methyl/N-ethyl adjacent to an activating group) is 1.